The summed E-state index contributed by atoms with van der Waals surface area (Å²) in [5.74, 6) is -2.59. The lowest BCUT2D eigenvalue weighted by molar-refractivity contribution is -0.130. The lowest BCUT2D eigenvalue weighted by atomic mass is 9.63. The summed E-state index contributed by atoms with van der Waals surface area (Å²) in [5, 5.41) is 11.6. The second kappa shape index (κ2) is 6.31. The number of hydrogen-bond acceptors (Lipinski definition) is 3. The van der Waals surface area contributed by atoms with Crippen LogP contribution >= 0.6 is 0 Å². The summed E-state index contributed by atoms with van der Waals surface area (Å²) in [7, 11) is 0. The Labute approximate surface area is 142 Å². The van der Waals surface area contributed by atoms with E-state index in [9.17, 15) is 18.4 Å². The molecule has 1 heterocycles. The maximum atomic E-state index is 14.1. The molecule has 0 radical (unpaired) electrons. The fraction of sp³-hybridized carbons (Fsp3) is 0.333. The topological polar surface area (TPSA) is 79.5 Å². The number of rotatable bonds is 5. The number of nitrogens with one attached hydrogen (secondary N) is 1. The van der Waals surface area contributed by atoms with Gasteiger partial charge in [-0.05, 0) is 38.0 Å². The van der Waals surface area contributed by atoms with Crippen molar-refractivity contribution in [3.05, 3.63) is 58.5 Å². The van der Waals surface area contributed by atoms with Gasteiger partial charge in [0.25, 0.3) is 0 Å². The van der Waals surface area contributed by atoms with Gasteiger partial charge in [0.05, 0.1) is 12.0 Å². The lowest BCUT2D eigenvalue weighted by Gasteiger charge is -2.40. The molecule has 1 aromatic heterocycles. The summed E-state index contributed by atoms with van der Waals surface area (Å²) in [5.41, 5.74) is -1.42. The first-order valence-corrected chi connectivity index (χ1v) is 7.90. The van der Waals surface area contributed by atoms with Crippen molar-refractivity contribution in [1.82, 2.24) is 5.32 Å². The maximum absolute atomic E-state index is 14.1. The molecule has 132 valence electrons. The standard InChI is InChI=1S/C18H17F2NO4/c1-10-12(16(22)23)8-11(25-10)9-21-17(24)18(6-3-7-18)15-13(19)4-2-5-14(15)20/h2,4-5,8H,3,6-7,9H2,1H3,(H,21,24)(H,22,23). The summed E-state index contributed by atoms with van der Waals surface area (Å²) in [4.78, 5) is 23.7. The fourth-order valence-electron chi connectivity index (χ4n) is 3.26. The molecule has 3 rings (SSSR count). The predicted molar refractivity (Wildman–Crippen MR) is 84.1 cm³/mol. The van der Waals surface area contributed by atoms with Crippen LogP contribution in [-0.2, 0) is 16.8 Å². The number of carbonyl (C=O) groups is 2. The van der Waals surface area contributed by atoms with Crippen molar-refractivity contribution < 1.29 is 27.9 Å². The largest absolute Gasteiger partial charge is 0.478 e. The third kappa shape index (κ3) is 2.90. The molecule has 1 aromatic carbocycles. The molecule has 5 nitrogen and oxygen atoms in total. The van der Waals surface area contributed by atoms with Gasteiger partial charge in [0.15, 0.2) is 0 Å². The Kier molecular flexibility index (Phi) is 4.32. The summed E-state index contributed by atoms with van der Waals surface area (Å²) in [6, 6.07) is 4.87. The van der Waals surface area contributed by atoms with Gasteiger partial charge in [-0.25, -0.2) is 13.6 Å². The first kappa shape index (κ1) is 17.1. The Hall–Kier alpha value is -2.70. The highest BCUT2D eigenvalue weighted by atomic mass is 19.1. The monoisotopic (exact) mass is 349 g/mol. The lowest BCUT2D eigenvalue weighted by Crippen LogP contribution is -2.50. The number of amides is 1. The Morgan fingerprint density at radius 2 is 1.92 bits per heavy atom. The molecule has 0 spiro atoms. The van der Waals surface area contributed by atoms with Crippen molar-refractivity contribution in [1.29, 1.82) is 0 Å². The molecule has 0 saturated heterocycles. The van der Waals surface area contributed by atoms with Crippen LogP contribution in [0.15, 0.2) is 28.7 Å². The second-order valence-electron chi connectivity index (χ2n) is 6.20. The molecular weight excluding hydrogens is 332 g/mol. The molecule has 1 saturated carbocycles. The third-order valence-electron chi connectivity index (χ3n) is 4.71. The minimum atomic E-state index is -1.23. The SMILES string of the molecule is Cc1oc(CNC(=O)C2(c3c(F)cccc3F)CCC2)cc1C(=O)O. The van der Waals surface area contributed by atoms with E-state index in [-0.39, 0.29) is 29.2 Å². The summed E-state index contributed by atoms with van der Waals surface area (Å²) >= 11 is 0. The average molecular weight is 349 g/mol. The van der Waals surface area contributed by atoms with Gasteiger partial charge in [-0.3, -0.25) is 4.79 Å². The number of furan rings is 1. The van der Waals surface area contributed by atoms with E-state index in [0.717, 1.165) is 12.1 Å². The third-order valence-corrected chi connectivity index (χ3v) is 4.71. The second-order valence-corrected chi connectivity index (χ2v) is 6.20. The van der Waals surface area contributed by atoms with Crippen LogP contribution in [-0.4, -0.2) is 17.0 Å². The van der Waals surface area contributed by atoms with Crippen LogP contribution in [0, 0.1) is 18.6 Å². The van der Waals surface area contributed by atoms with Crippen LogP contribution in [0.3, 0.4) is 0 Å². The summed E-state index contributed by atoms with van der Waals surface area (Å²) < 4.78 is 33.6. The molecule has 0 atom stereocenters. The number of carboxylic acid groups (broad SMARTS) is 1. The molecule has 2 aromatic rings. The molecule has 1 fully saturated rings. The summed E-state index contributed by atoms with van der Waals surface area (Å²) in [6.07, 6.45) is 1.41. The van der Waals surface area contributed by atoms with Crippen molar-refractivity contribution in [3.63, 3.8) is 0 Å². The zero-order valence-corrected chi connectivity index (χ0v) is 13.6. The van der Waals surface area contributed by atoms with E-state index in [1.165, 1.54) is 19.1 Å². The highest BCUT2D eigenvalue weighted by molar-refractivity contribution is 5.90. The molecule has 7 heteroatoms. The molecule has 2 N–H and O–H groups in total. The number of aromatic carboxylic acids is 1. The van der Waals surface area contributed by atoms with E-state index < -0.39 is 28.9 Å². The zero-order valence-electron chi connectivity index (χ0n) is 13.6. The average Bonchev–Trinajstić information content (AvgIpc) is 2.88. The van der Waals surface area contributed by atoms with Gasteiger partial charge in [0.1, 0.15) is 28.7 Å². The molecule has 0 aliphatic heterocycles. The van der Waals surface area contributed by atoms with Crippen molar-refractivity contribution >= 4 is 11.9 Å². The number of carboxylic acids is 1. The Balaban J connectivity index is 1.80. The predicted octanol–water partition coefficient (Wildman–Crippen LogP) is 3.30. The van der Waals surface area contributed by atoms with Gasteiger partial charge < -0.3 is 14.8 Å². The smallest absolute Gasteiger partial charge is 0.339 e. The van der Waals surface area contributed by atoms with Gasteiger partial charge in [-0.1, -0.05) is 12.5 Å². The van der Waals surface area contributed by atoms with Crippen LogP contribution in [0.1, 0.15) is 46.7 Å². The minimum Gasteiger partial charge on any atom is -0.478 e. The van der Waals surface area contributed by atoms with E-state index in [1.807, 2.05) is 0 Å². The zero-order chi connectivity index (χ0) is 18.2. The van der Waals surface area contributed by atoms with Crippen LogP contribution in [0.5, 0.6) is 0 Å². The molecule has 25 heavy (non-hydrogen) atoms. The van der Waals surface area contributed by atoms with Crippen LogP contribution in [0.4, 0.5) is 8.78 Å². The van der Waals surface area contributed by atoms with Crippen LogP contribution in [0.25, 0.3) is 0 Å². The van der Waals surface area contributed by atoms with Crippen molar-refractivity contribution in [2.24, 2.45) is 0 Å². The van der Waals surface area contributed by atoms with Gasteiger partial charge in [0, 0.05) is 5.56 Å². The highest BCUT2D eigenvalue weighted by Crippen LogP contribution is 2.46. The number of carbonyl (C=O) groups excluding carboxylic acids is 1. The van der Waals surface area contributed by atoms with Gasteiger partial charge in [0.2, 0.25) is 5.91 Å². The first-order valence-electron chi connectivity index (χ1n) is 7.90. The molecule has 1 amide bonds. The maximum Gasteiger partial charge on any atom is 0.339 e. The number of hydrogen-bond donors (Lipinski definition) is 2. The van der Waals surface area contributed by atoms with E-state index in [0.29, 0.717) is 19.3 Å². The number of halogens is 2. The van der Waals surface area contributed by atoms with E-state index >= 15 is 0 Å². The van der Waals surface area contributed by atoms with Crippen molar-refractivity contribution in [3.8, 4) is 0 Å². The van der Waals surface area contributed by atoms with Crippen molar-refractivity contribution in [2.45, 2.75) is 38.1 Å². The normalized spacial score (nSPS) is 15.5. The van der Waals surface area contributed by atoms with Crippen molar-refractivity contribution in [2.75, 3.05) is 0 Å². The van der Waals surface area contributed by atoms with E-state index in [2.05, 4.69) is 5.32 Å². The Morgan fingerprint density at radius 3 is 2.40 bits per heavy atom. The molecule has 0 unspecified atom stereocenters. The first-order chi connectivity index (χ1) is 11.8. The fourth-order valence-corrected chi connectivity index (χ4v) is 3.26. The molecule has 0 bridgehead atoms. The molecule has 1 aliphatic rings. The van der Waals surface area contributed by atoms with E-state index in [1.54, 1.807) is 0 Å². The van der Waals surface area contributed by atoms with Crippen LogP contribution < -0.4 is 5.32 Å². The van der Waals surface area contributed by atoms with E-state index in [4.69, 9.17) is 9.52 Å². The number of aryl methyl sites for hydroxylation is 1. The van der Waals surface area contributed by atoms with Crippen LogP contribution in [0.2, 0.25) is 0 Å². The summed E-state index contributed by atoms with van der Waals surface area (Å²) in [6.45, 7) is 1.46. The Bertz CT molecular complexity index is 819. The van der Waals surface area contributed by atoms with Gasteiger partial charge in [-0.15, -0.1) is 0 Å². The molecular formula is C18H17F2NO4. The van der Waals surface area contributed by atoms with Gasteiger partial charge in [-0.2, -0.15) is 0 Å². The highest BCUT2D eigenvalue weighted by Gasteiger charge is 2.48. The minimum absolute atomic E-state index is 0.0164. The quantitative estimate of drug-likeness (QED) is 0.868. The van der Waals surface area contributed by atoms with Gasteiger partial charge >= 0.3 is 5.97 Å². The number of benzene rings is 1. The molecule has 1 aliphatic carbocycles. The Morgan fingerprint density at radius 1 is 1.28 bits per heavy atom.